The molecule has 1 aromatic rings. The van der Waals surface area contributed by atoms with Crippen molar-refractivity contribution < 1.29 is 9.59 Å². The van der Waals surface area contributed by atoms with Crippen molar-refractivity contribution in [2.45, 2.75) is 25.3 Å². The van der Waals surface area contributed by atoms with Gasteiger partial charge in [-0.15, -0.1) is 12.4 Å². The summed E-state index contributed by atoms with van der Waals surface area (Å²) in [6, 6.07) is 9.36. The number of hydrogen-bond acceptors (Lipinski definition) is 3. The van der Waals surface area contributed by atoms with Crippen molar-refractivity contribution in [3.8, 4) is 0 Å². The molecule has 132 valence electrons. The number of likely N-dealkylation sites (tertiary alicyclic amines) is 2. The molecule has 6 nitrogen and oxygen atoms in total. The number of hydrogen-bond donors (Lipinski definition) is 2. The number of carbonyl (C=O) groups is 2. The van der Waals surface area contributed by atoms with E-state index in [-0.39, 0.29) is 36.3 Å². The number of benzene rings is 1. The van der Waals surface area contributed by atoms with Crippen molar-refractivity contribution >= 4 is 30.0 Å². The van der Waals surface area contributed by atoms with Gasteiger partial charge in [0.05, 0.1) is 5.92 Å². The van der Waals surface area contributed by atoms with Crippen molar-refractivity contribution in [2.75, 3.05) is 31.5 Å². The third-order valence-electron chi connectivity index (χ3n) is 4.62. The first-order valence-electron chi connectivity index (χ1n) is 8.29. The highest BCUT2D eigenvalue weighted by atomic mass is 35.5. The maximum absolute atomic E-state index is 12.6. The lowest BCUT2D eigenvalue weighted by Crippen LogP contribution is -2.47. The van der Waals surface area contributed by atoms with Crippen LogP contribution in [0, 0.1) is 5.92 Å². The van der Waals surface area contributed by atoms with E-state index < -0.39 is 0 Å². The number of nitrogens with zero attached hydrogens (tertiary/aromatic N) is 2. The summed E-state index contributed by atoms with van der Waals surface area (Å²) in [5, 5.41) is 2.89. The summed E-state index contributed by atoms with van der Waals surface area (Å²) in [6.07, 6.45) is 2.58. The standard InChI is InChI=1S/C17H24N4O2.ClH/c18-14-8-10-20(12-14)16(22)13-5-4-9-21(11-13)17(23)19-15-6-2-1-3-7-15;/h1-3,6-7,13-14H,4-5,8-12,18H2,(H,19,23);1H/t13?,14-;/m1./s1. The third kappa shape index (κ3) is 4.39. The van der Waals surface area contributed by atoms with E-state index in [9.17, 15) is 9.59 Å². The fourth-order valence-corrected chi connectivity index (χ4v) is 3.33. The molecule has 1 unspecified atom stereocenters. The van der Waals surface area contributed by atoms with E-state index in [0.717, 1.165) is 31.5 Å². The first-order valence-corrected chi connectivity index (χ1v) is 8.29. The highest BCUT2D eigenvalue weighted by molar-refractivity contribution is 5.90. The largest absolute Gasteiger partial charge is 0.341 e. The second-order valence-electron chi connectivity index (χ2n) is 6.41. The van der Waals surface area contributed by atoms with Crippen LogP contribution in [0.15, 0.2) is 30.3 Å². The van der Waals surface area contributed by atoms with Crippen molar-refractivity contribution in [3.63, 3.8) is 0 Å². The molecule has 2 aliphatic rings. The smallest absolute Gasteiger partial charge is 0.321 e. The van der Waals surface area contributed by atoms with Crippen LogP contribution in [0.2, 0.25) is 0 Å². The molecule has 0 bridgehead atoms. The molecule has 2 aliphatic heterocycles. The summed E-state index contributed by atoms with van der Waals surface area (Å²) in [4.78, 5) is 28.6. The van der Waals surface area contributed by atoms with Gasteiger partial charge in [0.2, 0.25) is 5.91 Å². The Morgan fingerprint density at radius 1 is 1.04 bits per heavy atom. The molecule has 0 radical (unpaired) electrons. The van der Waals surface area contributed by atoms with Crippen LogP contribution in [-0.2, 0) is 4.79 Å². The molecule has 0 aromatic heterocycles. The number of anilines is 1. The zero-order chi connectivity index (χ0) is 16.2. The molecule has 7 heteroatoms. The third-order valence-corrected chi connectivity index (χ3v) is 4.62. The minimum absolute atomic E-state index is 0. The van der Waals surface area contributed by atoms with Gasteiger partial charge in [0.1, 0.15) is 0 Å². The van der Waals surface area contributed by atoms with Crippen molar-refractivity contribution in [1.82, 2.24) is 9.80 Å². The van der Waals surface area contributed by atoms with E-state index in [2.05, 4.69) is 5.32 Å². The summed E-state index contributed by atoms with van der Waals surface area (Å²) in [6.45, 7) is 2.57. The molecule has 24 heavy (non-hydrogen) atoms. The molecule has 2 atom stereocenters. The number of rotatable bonds is 2. The topological polar surface area (TPSA) is 78.7 Å². The Hall–Kier alpha value is -1.79. The zero-order valence-corrected chi connectivity index (χ0v) is 14.5. The van der Waals surface area contributed by atoms with Gasteiger partial charge in [0, 0.05) is 37.9 Å². The van der Waals surface area contributed by atoms with E-state index in [1.165, 1.54) is 0 Å². The maximum atomic E-state index is 12.6. The van der Waals surface area contributed by atoms with Crippen LogP contribution in [-0.4, -0.2) is 54.0 Å². The summed E-state index contributed by atoms with van der Waals surface area (Å²) in [7, 11) is 0. The van der Waals surface area contributed by atoms with Gasteiger partial charge in [0.15, 0.2) is 0 Å². The number of carbonyl (C=O) groups excluding carboxylic acids is 2. The Bertz CT molecular complexity index is 569. The Morgan fingerprint density at radius 3 is 2.46 bits per heavy atom. The van der Waals surface area contributed by atoms with Gasteiger partial charge in [-0.2, -0.15) is 0 Å². The van der Waals surface area contributed by atoms with E-state index in [0.29, 0.717) is 19.6 Å². The van der Waals surface area contributed by atoms with Crippen molar-refractivity contribution in [3.05, 3.63) is 30.3 Å². The van der Waals surface area contributed by atoms with E-state index in [1.54, 1.807) is 4.90 Å². The van der Waals surface area contributed by atoms with E-state index >= 15 is 0 Å². The van der Waals surface area contributed by atoms with Crippen LogP contribution in [0.5, 0.6) is 0 Å². The van der Waals surface area contributed by atoms with E-state index in [1.807, 2.05) is 35.2 Å². The van der Waals surface area contributed by atoms with Crippen LogP contribution in [0.4, 0.5) is 10.5 Å². The van der Waals surface area contributed by atoms with Gasteiger partial charge in [-0.25, -0.2) is 4.79 Å². The number of piperidine rings is 1. The lowest BCUT2D eigenvalue weighted by Gasteiger charge is -2.34. The second-order valence-corrected chi connectivity index (χ2v) is 6.41. The number of halogens is 1. The Balaban J connectivity index is 0.00000208. The molecule has 0 aliphatic carbocycles. The van der Waals surface area contributed by atoms with Crippen LogP contribution in [0.1, 0.15) is 19.3 Å². The maximum Gasteiger partial charge on any atom is 0.321 e. The summed E-state index contributed by atoms with van der Waals surface area (Å²) in [5.41, 5.74) is 6.66. The predicted octanol–water partition coefficient (Wildman–Crippen LogP) is 1.91. The predicted molar refractivity (Wildman–Crippen MR) is 96.2 cm³/mol. The lowest BCUT2D eigenvalue weighted by molar-refractivity contribution is -0.135. The number of nitrogens with two attached hydrogens (primary N) is 1. The minimum Gasteiger partial charge on any atom is -0.341 e. The van der Waals surface area contributed by atoms with E-state index in [4.69, 9.17) is 5.73 Å². The van der Waals surface area contributed by atoms with Gasteiger partial charge in [0.25, 0.3) is 0 Å². The van der Waals surface area contributed by atoms with Gasteiger partial charge < -0.3 is 20.9 Å². The summed E-state index contributed by atoms with van der Waals surface area (Å²) >= 11 is 0. The summed E-state index contributed by atoms with van der Waals surface area (Å²) in [5.74, 6) is 0.0470. The molecule has 2 heterocycles. The second kappa shape index (κ2) is 8.35. The van der Waals surface area contributed by atoms with Gasteiger partial charge >= 0.3 is 6.03 Å². The van der Waals surface area contributed by atoms with Crippen LogP contribution < -0.4 is 11.1 Å². The quantitative estimate of drug-likeness (QED) is 0.853. The molecule has 1 aromatic carbocycles. The van der Waals surface area contributed by atoms with Crippen LogP contribution in [0.3, 0.4) is 0 Å². The normalized spacial score (nSPS) is 23.5. The molecule has 2 saturated heterocycles. The number of para-hydroxylation sites is 1. The number of urea groups is 1. The van der Waals surface area contributed by atoms with Crippen molar-refractivity contribution in [1.29, 1.82) is 0 Å². The first kappa shape index (κ1) is 18.5. The number of nitrogens with one attached hydrogen (secondary N) is 1. The molecule has 3 amide bonds. The Kier molecular flexibility index (Phi) is 6.45. The monoisotopic (exact) mass is 352 g/mol. The molecule has 2 fully saturated rings. The average Bonchev–Trinajstić information content (AvgIpc) is 3.01. The van der Waals surface area contributed by atoms with Crippen LogP contribution >= 0.6 is 12.4 Å². The molecule has 3 rings (SSSR count). The first-order chi connectivity index (χ1) is 11.1. The fourth-order valence-electron chi connectivity index (χ4n) is 3.33. The highest BCUT2D eigenvalue weighted by Gasteiger charge is 2.33. The minimum atomic E-state index is -0.133. The molecule has 3 N–H and O–H groups in total. The highest BCUT2D eigenvalue weighted by Crippen LogP contribution is 2.22. The van der Waals surface area contributed by atoms with Gasteiger partial charge in [-0.05, 0) is 31.4 Å². The Labute approximate surface area is 148 Å². The molecular weight excluding hydrogens is 328 g/mol. The van der Waals surface area contributed by atoms with Gasteiger partial charge in [-0.1, -0.05) is 18.2 Å². The van der Waals surface area contributed by atoms with Crippen molar-refractivity contribution in [2.24, 2.45) is 11.7 Å². The zero-order valence-electron chi connectivity index (χ0n) is 13.7. The fraction of sp³-hybridized carbons (Fsp3) is 0.529. The lowest BCUT2D eigenvalue weighted by atomic mass is 9.97. The molecule has 0 saturated carbocycles. The number of amides is 3. The average molecular weight is 353 g/mol. The van der Waals surface area contributed by atoms with Gasteiger partial charge in [-0.3, -0.25) is 4.79 Å². The Morgan fingerprint density at radius 2 is 1.79 bits per heavy atom. The molecular formula is C17H25ClN4O2. The summed E-state index contributed by atoms with van der Waals surface area (Å²) < 4.78 is 0. The molecule has 0 spiro atoms. The SMILES string of the molecule is Cl.N[C@@H]1CCN(C(=O)C2CCCN(C(=O)Nc3ccccc3)C2)C1. The van der Waals surface area contributed by atoms with Crippen LogP contribution in [0.25, 0.3) is 0 Å².